The number of benzene rings is 2. The van der Waals surface area contributed by atoms with Crippen LogP contribution < -0.4 is 0 Å². The van der Waals surface area contributed by atoms with Crippen molar-refractivity contribution in [2.24, 2.45) is 0 Å². The minimum Gasteiger partial charge on any atom is -0.0654 e. The third kappa shape index (κ3) is 7.04. The van der Waals surface area contributed by atoms with Crippen molar-refractivity contribution in [2.75, 3.05) is 0 Å². The van der Waals surface area contributed by atoms with Gasteiger partial charge in [-0.3, -0.25) is 0 Å². The van der Waals surface area contributed by atoms with E-state index in [0.717, 1.165) is 36.8 Å². The highest BCUT2D eigenvalue weighted by Gasteiger charge is 2.03. The van der Waals surface area contributed by atoms with Crippen molar-refractivity contribution in [1.29, 1.82) is 0 Å². The topological polar surface area (TPSA) is 0 Å². The molecule has 0 saturated carbocycles. The van der Waals surface area contributed by atoms with Crippen LogP contribution in [0.3, 0.4) is 0 Å². The molecule has 0 aliphatic heterocycles. The smallest absolute Gasteiger partial charge is 0.0248 e. The van der Waals surface area contributed by atoms with Gasteiger partial charge in [-0.1, -0.05) is 86.8 Å². The summed E-state index contributed by atoms with van der Waals surface area (Å²) in [6, 6.07) is 20.4. The summed E-state index contributed by atoms with van der Waals surface area (Å²) in [5.41, 5.74) is 4.56. The standard InChI is InChI=1S/C26H28/c1-3-5-17-25(21-19-23-13-9-7-10-14-23)26(18-6-4-2)22-20-24-15-11-8-12-16-24/h7-16H,3-6,17-18H2,1-2H3/b26-25-. The van der Waals surface area contributed by atoms with Gasteiger partial charge in [0.1, 0.15) is 0 Å². The van der Waals surface area contributed by atoms with Gasteiger partial charge in [0, 0.05) is 22.3 Å². The summed E-state index contributed by atoms with van der Waals surface area (Å²) in [6.07, 6.45) is 6.67. The highest BCUT2D eigenvalue weighted by atomic mass is 14.1. The van der Waals surface area contributed by atoms with E-state index in [9.17, 15) is 0 Å². The average Bonchev–Trinajstić information content (AvgIpc) is 2.70. The molecule has 0 spiro atoms. The third-order valence-corrected chi connectivity index (χ3v) is 4.19. The molecule has 0 radical (unpaired) electrons. The fourth-order valence-corrected chi connectivity index (χ4v) is 2.62. The Kier molecular flexibility index (Phi) is 8.89. The molecule has 0 amide bonds. The quantitative estimate of drug-likeness (QED) is 0.509. The first-order chi connectivity index (χ1) is 12.8. The van der Waals surface area contributed by atoms with Crippen LogP contribution in [0.15, 0.2) is 71.8 Å². The minimum absolute atomic E-state index is 1.01. The van der Waals surface area contributed by atoms with Crippen LogP contribution >= 0.6 is 0 Å². The van der Waals surface area contributed by atoms with E-state index in [1.165, 1.54) is 24.0 Å². The van der Waals surface area contributed by atoms with Gasteiger partial charge in [-0.15, -0.1) is 0 Å². The van der Waals surface area contributed by atoms with Crippen molar-refractivity contribution in [3.8, 4) is 23.7 Å². The molecule has 26 heavy (non-hydrogen) atoms. The lowest BCUT2D eigenvalue weighted by molar-refractivity contribution is 0.769. The lowest BCUT2D eigenvalue weighted by atomic mass is 9.98. The molecule has 0 aliphatic carbocycles. The van der Waals surface area contributed by atoms with Crippen LogP contribution in [-0.2, 0) is 0 Å². The number of rotatable bonds is 6. The first-order valence-electron chi connectivity index (χ1n) is 9.69. The maximum Gasteiger partial charge on any atom is 0.0248 e. The lowest BCUT2D eigenvalue weighted by Crippen LogP contribution is -1.91. The molecule has 132 valence electrons. The van der Waals surface area contributed by atoms with Gasteiger partial charge in [-0.2, -0.15) is 0 Å². The van der Waals surface area contributed by atoms with E-state index in [2.05, 4.69) is 61.8 Å². The zero-order valence-electron chi connectivity index (χ0n) is 16.0. The molecule has 0 unspecified atom stereocenters. The summed E-state index contributed by atoms with van der Waals surface area (Å²) in [4.78, 5) is 0. The maximum absolute atomic E-state index is 3.44. The number of unbranched alkanes of at least 4 members (excludes halogenated alkanes) is 2. The third-order valence-electron chi connectivity index (χ3n) is 4.19. The summed E-state index contributed by atoms with van der Waals surface area (Å²) in [5, 5.41) is 0. The van der Waals surface area contributed by atoms with E-state index >= 15 is 0 Å². The second kappa shape index (κ2) is 11.8. The van der Waals surface area contributed by atoms with Crippen molar-refractivity contribution in [3.05, 3.63) is 82.9 Å². The molecule has 0 heteroatoms. The van der Waals surface area contributed by atoms with Crippen LogP contribution in [0.5, 0.6) is 0 Å². The Labute approximate surface area is 159 Å². The summed E-state index contributed by atoms with van der Waals surface area (Å²) < 4.78 is 0. The van der Waals surface area contributed by atoms with Crippen molar-refractivity contribution < 1.29 is 0 Å². The predicted molar refractivity (Wildman–Crippen MR) is 113 cm³/mol. The van der Waals surface area contributed by atoms with E-state index in [-0.39, 0.29) is 0 Å². The highest BCUT2D eigenvalue weighted by Crippen LogP contribution is 2.18. The van der Waals surface area contributed by atoms with Crippen LogP contribution in [-0.4, -0.2) is 0 Å². The van der Waals surface area contributed by atoms with Gasteiger partial charge in [0.25, 0.3) is 0 Å². The number of hydrogen-bond acceptors (Lipinski definition) is 0. The van der Waals surface area contributed by atoms with Gasteiger partial charge in [0.05, 0.1) is 0 Å². The fourth-order valence-electron chi connectivity index (χ4n) is 2.62. The Bertz CT molecular complexity index is 731. The molecule has 0 atom stereocenters. The van der Waals surface area contributed by atoms with E-state index in [1.807, 2.05) is 36.4 Å². The average molecular weight is 341 g/mol. The highest BCUT2D eigenvalue weighted by molar-refractivity contribution is 5.49. The maximum atomic E-state index is 3.44. The molecule has 0 N–H and O–H groups in total. The first kappa shape index (κ1) is 19.6. The number of allylic oxidation sites excluding steroid dienone is 2. The Balaban J connectivity index is 2.38. The summed E-state index contributed by atoms with van der Waals surface area (Å²) >= 11 is 0. The van der Waals surface area contributed by atoms with E-state index < -0.39 is 0 Å². The lowest BCUT2D eigenvalue weighted by Gasteiger charge is -2.05. The van der Waals surface area contributed by atoms with E-state index in [0.29, 0.717) is 0 Å². The molecule has 0 bridgehead atoms. The van der Waals surface area contributed by atoms with Crippen molar-refractivity contribution in [2.45, 2.75) is 52.4 Å². The Morgan fingerprint density at radius 1 is 0.615 bits per heavy atom. The summed E-state index contributed by atoms with van der Waals surface area (Å²) in [6.45, 7) is 4.45. The molecule has 0 aromatic heterocycles. The van der Waals surface area contributed by atoms with Gasteiger partial charge < -0.3 is 0 Å². The van der Waals surface area contributed by atoms with Gasteiger partial charge in [0.15, 0.2) is 0 Å². The largest absolute Gasteiger partial charge is 0.0654 e. The van der Waals surface area contributed by atoms with E-state index in [4.69, 9.17) is 0 Å². The Morgan fingerprint density at radius 2 is 1.00 bits per heavy atom. The second-order valence-electron chi connectivity index (χ2n) is 6.40. The molecule has 0 fully saturated rings. The van der Waals surface area contributed by atoms with Crippen LogP contribution in [0.25, 0.3) is 0 Å². The predicted octanol–water partition coefficient (Wildman–Crippen LogP) is 6.77. The Hall–Kier alpha value is -2.70. The zero-order chi connectivity index (χ0) is 18.5. The van der Waals surface area contributed by atoms with Gasteiger partial charge >= 0.3 is 0 Å². The van der Waals surface area contributed by atoms with E-state index in [1.54, 1.807) is 0 Å². The molecule has 2 rings (SSSR count). The minimum atomic E-state index is 1.01. The Morgan fingerprint density at radius 3 is 1.35 bits per heavy atom. The van der Waals surface area contributed by atoms with Gasteiger partial charge in [-0.25, -0.2) is 0 Å². The molecule has 0 nitrogen and oxygen atoms in total. The molecule has 2 aromatic rings. The molecule has 0 aliphatic rings. The summed E-state index contributed by atoms with van der Waals surface area (Å²) in [7, 11) is 0. The first-order valence-corrected chi connectivity index (χ1v) is 9.69. The molecule has 0 saturated heterocycles. The second-order valence-corrected chi connectivity index (χ2v) is 6.40. The van der Waals surface area contributed by atoms with Crippen molar-refractivity contribution in [3.63, 3.8) is 0 Å². The molecular formula is C26H28. The van der Waals surface area contributed by atoms with Crippen LogP contribution in [0.4, 0.5) is 0 Å². The van der Waals surface area contributed by atoms with Crippen LogP contribution in [0.1, 0.15) is 63.5 Å². The normalized spacial score (nSPS) is 10.8. The summed E-state index contributed by atoms with van der Waals surface area (Å²) in [5.74, 6) is 13.6. The SMILES string of the molecule is CCCC/C(C#Cc1ccccc1)=C(/C#Cc1ccccc1)CCCC. The van der Waals surface area contributed by atoms with Crippen molar-refractivity contribution in [1.82, 2.24) is 0 Å². The van der Waals surface area contributed by atoms with Crippen LogP contribution in [0, 0.1) is 23.7 Å². The van der Waals surface area contributed by atoms with Gasteiger partial charge in [-0.05, 0) is 49.9 Å². The zero-order valence-corrected chi connectivity index (χ0v) is 16.0. The van der Waals surface area contributed by atoms with Crippen molar-refractivity contribution >= 4 is 0 Å². The number of hydrogen-bond donors (Lipinski definition) is 0. The molecule has 0 heterocycles. The molecule has 2 aromatic carbocycles. The monoisotopic (exact) mass is 340 g/mol. The van der Waals surface area contributed by atoms with Crippen LogP contribution in [0.2, 0.25) is 0 Å². The fraction of sp³-hybridized carbons (Fsp3) is 0.308. The molecular weight excluding hydrogens is 312 g/mol. The van der Waals surface area contributed by atoms with Gasteiger partial charge in [0.2, 0.25) is 0 Å².